The van der Waals surface area contributed by atoms with Crippen molar-refractivity contribution in [3.63, 3.8) is 0 Å². The summed E-state index contributed by atoms with van der Waals surface area (Å²) in [6.07, 6.45) is 0. The van der Waals surface area contributed by atoms with Crippen molar-refractivity contribution in [1.29, 1.82) is 0 Å². The molecule has 0 aliphatic rings. The van der Waals surface area contributed by atoms with Crippen LogP contribution in [0.25, 0.3) is 0 Å². The molecular formula is C44H77NO13Si. The number of nitrogens with zero attached hydrogens (tertiary/aromatic N) is 1. The van der Waals surface area contributed by atoms with Crippen molar-refractivity contribution in [1.82, 2.24) is 4.90 Å². The average molecular weight is 856 g/mol. The monoisotopic (exact) mass is 856 g/mol. The van der Waals surface area contributed by atoms with Crippen LogP contribution in [0.4, 0.5) is 0 Å². The van der Waals surface area contributed by atoms with Crippen LogP contribution < -0.4 is 10.4 Å². The minimum Gasteiger partial charge on any atom is -0.405 e. The summed E-state index contributed by atoms with van der Waals surface area (Å²) in [4.78, 5) is 2.08. The van der Waals surface area contributed by atoms with Gasteiger partial charge in [-0.15, -0.1) is 0 Å². The molecule has 340 valence electrons. The van der Waals surface area contributed by atoms with Gasteiger partial charge in [-0.2, -0.15) is 0 Å². The molecule has 0 atom stereocenters. The third kappa shape index (κ3) is 26.9. The molecule has 0 fully saturated rings. The van der Waals surface area contributed by atoms with Gasteiger partial charge in [0.05, 0.1) is 165 Å². The van der Waals surface area contributed by atoms with E-state index in [4.69, 9.17) is 61.3 Å². The Bertz CT molecular complexity index is 1140. The van der Waals surface area contributed by atoms with E-state index in [1.54, 1.807) is 0 Å². The summed E-state index contributed by atoms with van der Waals surface area (Å²) in [5.41, 5.74) is 0. The molecule has 0 aromatic heterocycles. The Balaban J connectivity index is 1.26. The molecule has 0 saturated carbocycles. The van der Waals surface area contributed by atoms with Crippen molar-refractivity contribution in [3.8, 4) is 0 Å². The van der Waals surface area contributed by atoms with E-state index in [0.717, 1.165) is 6.54 Å². The standard InChI is InChI=1S/C44H77NO13Si/c1-44(2,3)59(42-12-8-6-9-13-42,43-14-10-7-11-15-43)58-41-40-57-39-38-56-37-36-55-35-34-54-33-32-53-31-30-52-29-28-51-27-26-50-25-24-49-23-22-48-21-20-47-19-18-46-17-16-45(4)5/h6-15H,16-41H2,1-5H3. The largest absolute Gasteiger partial charge is 0.405 e. The van der Waals surface area contributed by atoms with Crippen LogP contribution in [0.5, 0.6) is 0 Å². The topological polar surface area (TPSA) is 123 Å². The first-order valence-electron chi connectivity index (χ1n) is 21.2. The highest BCUT2D eigenvalue weighted by atomic mass is 28.4. The molecule has 0 aliphatic heterocycles. The third-order valence-electron chi connectivity index (χ3n) is 8.74. The zero-order chi connectivity index (χ0) is 42.4. The van der Waals surface area contributed by atoms with E-state index in [1.807, 2.05) is 14.1 Å². The fourth-order valence-corrected chi connectivity index (χ4v) is 10.3. The van der Waals surface area contributed by atoms with Crippen LogP contribution in [0.3, 0.4) is 0 Å². The molecular weight excluding hydrogens is 779 g/mol. The normalized spacial score (nSPS) is 12.2. The lowest BCUT2D eigenvalue weighted by molar-refractivity contribution is -0.0286. The van der Waals surface area contributed by atoms with Crippen LogP contribution in [-0.4, -0.2) is 199 Å². The maximum atomic E-state index is 6.85. The molecule has 0 aliphatic carbocycles. The Morgan fingerprint density at radius 2 is 0.559 bits per heavy atom. The third-order valence-corrected chi connectivity index (χ3v) is 13.8. The molecule has 2 aromatic carbocycles. The van der Waals surface area contributed by atoms with Gasteiger partial charge >= 0.3 is 0 Å². The molecule has 0 spiro atoms. The highest BCUT2D eigenvalue weighted by Gasteiger charge is 2.50. The maximum absolute atomic E-state index is 6.85. The van der Waals surface area contributed by atoms with Crippen LogP contribution >= 0.6 is 0 Å². The van der Waals surface area contributed by atoms with Crippen molar-refractivity contribution < 1.29 is 61.3 Å². The predicted molar refractivity (Wildman–Crippen MR) is 232 cm³/mol. The molecule has 0 amide bonds. The van der Waals surface area contributed by atoms with E-state index in [1.165, 1.54) is 10.4 Å². The molecule has 0 unspecified atom stereocenters. The van der Waals surface area contributed by atoms with Crippen LogP contribution in [0.2, 0.25) is 5.04 Å². The molecule has 59 heavy (non-hydrogen) atoms. The second-order valence-corrected chi connectivity index (χ2v) is 19.0. The zero-order valence-corrected chi connectivity index (χ0v) is 37.9. The highest BCUT2D eigenvalue weighted by Crippen LogP contribution is 2.36. The summed E-state index contributed by atoms with van der Waals surface area (Å²) in [6.45, 7) is 20.9. The van der Waals surface area contributed by atoms with Crippen molar-refractivity contribution in [2.45, 2.75) is 25.8 Å². The molecule has 0 bridgehead atoms. The Kier molecular flexibility index (Phi) is 33.1. The Labute approximate surface area is 356 Å². The fraction of sp³-hybridized carbons (Fsp3) is 0.727. The zero-order valence-electron chi connectivity index (χ0n) is 36.9. The van der Waals surface area contributed by atoms with Crippen molar-refractivity contribution in [2.75, 3.05) is 186 Å². The second kappa shape index (κ2) is 36.7. The fourth-order valence-electron chi connectivity index (χ4n) is 5.78. The van der Waals surface area contributed by atoms with E-state index in [9.17, 15) is 0 Å². The van der Waals surface area contributed by atoms with Gasteiger partial charge in [0.25, 0.3) is 8.32 Å². The van der Waals surface area contributed by atoms with Crippen LogP contribution in [-0.2, 0) is 61.3 Å². The molecule has 2 aromatic rings. The summed E-state index contributed by atoms with van der Waals surface area (Å²) in [6, 6.07) is 21.3. The minimum atomic E-state index is -2.54. The van der Waals surface area contributed by atoms with Gasteiger partial charge in [0.2, 0.25) is 0 Å². The Morgan fingerprint density at radius 3 is 0.780 bits per heavy atom. The number of ether oxygens (including phenoxy) is 12. The number of hydrogen-bond acceptors (Lipinski definition) is 14. The van der Waals surface area contributed by atoms with Crippen LogP contribution in [0.15, 0.2) is 60.7 Å². The summed E-state index contributed by atoms with van der Waals surface area (Å²) in [5.74, 6) is 0. The van der Waals surface area contributed by atoms with Crippen LogP contribution in [0, 0.1) is 0 Å². The average Bonchev–Trinajstić information content (AvgIpc) is 3.23. The lowest BCUT2D eigenvalue weighted by Gasteiger charge is -2.43. The minimum absolute atomic E-state index is 0.0584. The van der Waals surface area contributed by atoms with E-state index >= 15 is 0 Å². The predicted octanol–water partition coefficient (Wildman–Crippen LogP) is 3.32. The van der Waals surface area contributed by atoms with Gasteiger partial charge < -0.3 is 66.2 Å². The van der Waals surface area contributed by atoms with Gasteiger partial charge in [0, 0.05) is 6.54 Å². The number of likely N-dealkylation sites (N-methyl/N-ethyl adjacent to an activating group) is 1. The van der Waals surface area contributed by atoms with E-state index in [0.29, 0.717) is 165 Å². The quantitative estimate of drug-likeness (QED) is 0.0717. The molecule has 2 rings (SSSR count). The molecule has 14 nitrogen and oxygen atoms in total. The second-order valence-electron chi connectivity index (χ2n) is 14.7. The van der Waals surface area contributed by atoms with Gasteiger partial charge in [-0.05, 0) is 29.5 Å². The lowest BCUT2D eigenvalue weighted by Crippen LogP contribution is -2.66. The highest BCUT2D eigenvalue weighted by molar-refractivity contribution is 6.99. The van der Waals surface area contributed by atoms with Gasteiger partial charge in [-0.3, -0.25) is 0 Å². The van der Waals surface area contributed by atoms with Gasteiger partial charge in [-0.1, -0.05) is 81.4 Å². The molecule has 0 saturated heterocycles. The SMILES string of the molecule is CN(C)CCOCCOCCOCCOCCOCCOCCOCCOCCOCCOCCOCCOCCO[Si](c1ccccc1)(c1ccccc1)C(C)(C)C. The van der Waals surface area contributed by atoms with Gasteiger partial charge in [0.15, 0.2) is 0 Å². The maximum Gasteiger partial charge on any atom is 0.261 e. The van der Waals surface area contributed by atoms with E-state index in [-0.39, 0.29) is 5.04 Å². The van der Waals surface area contributed by atoms with Crippen molar-refractivity contribution >= 4 is 18.7 Å². The number of rotatable bonds is 42. The van der Waals surface area contributed by atoms with Crippen molar-refractivity contribution in [2.24, 2.45) is 0 Å². The van der Waals surface area contributed by atoms with Gasteiger partial charge in [-0.25, -0.2) is 0 Å². The molecule has 0 N–H and O–H groups in total. The first kappa shape index (κ1) is 53.2. The lowest BCUT2D eigenvalue weighted by atomic mass is 10.2. The molecule has 0 heterocycles. The first-order valence-corrected chi connectivity index (χ1v) is 23.1. The molecule has 0 radical (unpaired) electrons. The Morgan fingerprint density at radius 1 is 0.339 bits per heavy atom. The summed E-state index contributed by atoms with van der Waals surface area (Å²) in [5, 5.41) is 2.47. The van der Waals surface area contributed by atoms with Crippen molar-refractivity contribution in [3.05, 3.63) is 60.7 Å². The van der Waals surface area contributed by atoms with Crippen LogP contribution in [0.1, 0.15) is 20.8 Å². The summed E-state index contributed by atoms with van der Waals surface area (Å²) in [7, 11) is 1.50. The van der Waals surface area contributed by atoms with Gasteiger partial charge in [0.1, 0.15) is 0 Å². The Hall–Kier alpha value is -1.90. The molecule has 15 heteroatoms. The summed E-state index contributed by atoms with van der Waals surface area (Å²) >= 11 is 0. The first-order chi connectivity index (χ1) is 28.9. The van der Waals surface area contributed by atoms with E-state index in [2.05, 4.69) is 86.3 Å². The smallest absolute Gasteiger partial charge is 0.261 e. The number of benzene rings is 2. The van der Waals surface area contributed by atoms with E-state index < -0.39 is 8.32 Å². The number of hydrogen-bond donors (Lipinski definition) is 0. The summed E-state index contributed by atoms with van der Waals surface area (Å²) < 4.78 is 73.5.